The van der Waals surface area contributed by atoms with E-state index in [0.717, 1.165) is 12.8 Å². The van der Waals surface area contributed by atoms with Gasteiger partial charge in [0.2, 0.25) is 15.9 Å². The molecule has 6 nitrogen and oxygen atoms in total. The molecule has 1 fully saturated rings. The van der Waals surface area contributed by atoms with Gasteiger partial charge in [-0.15, -0.1) is 0 Å². The van der Waals surface area contributed by atoms with E-state index in [9.17, 15) is 18.3 Å². The van der Waals surface area contributed by atoms with Gasteiger partial charge in [-0.1, -0.05) is 24.1 Å². The van der Waals surface area contributed by atoms with E-state index >= 15 is 0 Å². The molecule has 1 amide bonds. The van der Waals surface area contributed by atoms with Gasteiger partial charge in [-0.25, -0.2) is 13.1 Å². The van der Waals surface area contributed by atoms with Crippen molar-refractivity contribution in [1.82, 2.24) is 9.62 Å². The Hall–Kier alpha value is -1.31. The standard InChI is InChI=1S/C15H21ClN2O4S/c1-18(2)15(20)10-5-3-6-11(9-10)17-23(21,22)13-8-4-7-12(16)14(13)19/h4,7-8,10-11,17,19H,3,5-6,9H2,1-2H3. The molecule has 0 radical (unpaired) electrons. The third-order valence-corrected chi connectivity index (χ3v) is 5.88. The molecule has 0 bridgehead atoms. The summed E-state index contributed by atoms with van der Waals surface area (Å²) in [4.78, 5) is 13.4. The zero-order chi connectivity index (χ0) is 17.2. The molecule has 0 aromatic heterocycles. The van der Waals surface area contributed by atoms with E-state index in [-0.39, 0.29) is 27.8 Å². The Balaban J connectivity index is 2.14. The predicted octanol–water partition coefficient (Wildman–Crippen LogP) is 1.97. The number of carbonyl (C=O) groups excluding carboxylic acids is 1. The molecule has 2 unspecified atom stereocenters. The first kappa shape index (κ1) is 18.0. The third kappa shape index (κ3) is 4.16. The van der Waals surface area contributed by atoms with Gasteiger partial charge in [-0.2, -0.15) is 0 Å². The second-order valence-electron chi connectivity index (χ2n) is 6.00. The van der Waals surface area contributed by atoms with Gasteiger partial charge in [0, 0.05) is 26.1 Å². The van der Waals surface area contributed by atoms with Crippen LogP contribution in [0.25, 0.3) is 0 Å². The van der Waals surface area contributed by atoms with Gasteiger partial charge in [0.1, 0.15) is 4.90 Å². The first-order valence-corrected chi connectivity index (χ1v) is 9.29. The molecule has 2 atom stereocenters. The van der Waals surface area contributed by atoms with Crippen LogP contribution in [0.15, 0.2) is 23.1 Å². The number of phenols is 1. The van der Waals surface area contributed by atoms with Crippen LogP contribution in [0, 0.1) is 5.92 Å². The fourth-order valence-corrected chi connectivity index (χ4v) is 4.51. The number of carbonyl (C=O) groups is 1. The smallest absolute Gasteiger partial charge is 0.244 e. The normalized spacial score (nSPS) is 21.9. The van der Waals surface area contributed by atoms with E-state index in [1.165, 1.54) is 23.1 Å². The number of hydrogen-bond acceptors (Lipinski definition) is 4. The van der Waals surface area contributed by atoms with Crippen LogP contribution in [-0.2, 0) is 14.8 Å². The number of nitrogens with zero attached hydrogens (tertiary/aromatic N) is 1. The van der Waals surface area contributed by atoms with Crippen molar-refractivity contribution in [3.63, 3.8) is 0 Å². The lowest BCUT2D eigenvalue weighted by Gasteiger charge is -2.30. The van der Waals surface area contributed by atoms with Crippen molar-refractivity contribution in [3.05, 3.63) is 23.2 Å². The molecule has 0 heterocycles. The summed E-state index contributed by atoms with van der Waals surface area (Å²) in [7, 11) is -0.503. The first-order chi connectivity index (χ1) is 10.7. The van der Waals surface area contributed by atoms with Crippen LogP contribution >= 0.6 is 11.6 Å². The number of phenolic OH excluding ortho intramolecular Hbond substituents is 1. The fourth-order valence-electron chi connectivity index (χ4n) is 2.88. The molecule has 1 aromatic carbocycles. The Labute approximate surface area is 141 Å². The SMILES string of the molecule is CN(C)C(=O)C1CCCC(NS(=O)(=O)c2cccc(Cl)c2O)C1. The lowest BCUT2D eigenvalue weighted by atomic mass is 9.85. The molecule has 1 aliphatic carbocycles. The van der Waals surface area contributed by atoms with Gasteiger partial charge in [0.25, 0.3) is 0 Å². The number of aromatic hydroxyl groups is 1. The number of sulfonamides is 1. The zero-order valence-corrected chi connectivity index (χ0v) is 14.7. The van der Waals surface area contributed by atoms with Gasteiger partial charge in [0.15, 0.2) is 5.75 Å². The monoisotopic (exact) mass is 360 g/mol. The van der Waals surface area contributed by atoms with Gasteiger partial charge >= 0.3 is 0 Å². The Morgan fingerprint density at radius 2 is 2.04 bits per heavy atom. The minimum absolute atomic E-state index is 0.0134. The zero-order valence-electron chi connectivity index (χ0n) is 13.1. The Bertz CT molecular complexity index is 691. The number of rotatable bonds is 4. The van der Waals surface area contributed by atoms with Gasteiger partial charge in [0.05, 0.1) is 5.02 Å². The molecular weight excluding hydrogens is 340 g/mol. The number of halogens is 1. The summed E-state index contributed by atoms with van der Waals surface area (Å²) in [5, 5.41) is 9.85. The number of nitrogens with one attached hydrogen (secondary N) is 1. The highest BCUT2D eigenvalue weighted by molar-refractivity contribution is 7.89. The maximum atomic E-state index is 12.5. The summed E-state index contributed by atoms with van der Waals surface area (Å²) in [6.45, 7) is 0. The van der Waals surface area contributed by atoms with Crippen molar-refractivity contribution in [1.29, 1.82) is 0 Å². The third-order valence-electron chi connectivity index (χ3n) is 4.03. The Morgan fingerprint density at radius 3 is 2.70 bits per heavy atom. The molecule has 0 spiro atoms. The highest BCUT2D eigenvalue weighted by Gasteiger charge is 2.31. The van der Waals surface area contributed by atoms with Crippen molar-refractivity contribution < 1.29 is 18.3 Å². The van der Waals surface area contributed by atoms with Crippen LogP contribution < -0.4 is 4.72 Å². The topological polar surface area (TPSA) is 86.7 Å². The number of amides is 1. The molecule has 128 valence electrons. The van der Waals surface area contributed by atoms with Gasteiger partial charge < -0.3 is 10.0 Å². The van der Waals surface area contributed by atoms with Crippen LogP contribution in [0.3, 0.4) is 0 Å². The summed E-state index contributed by atoms with van der Waals surface area (Å²) in [5.74, 6) is -0.627. The summed E-state index contributed by atoms with van der Waals surface area (Å²) in [5.41, 5.74) is 0. The lowest BCUT2D eigenvalue weighted by Crippen LogP contribution is -2.42. The molecule has 0 saturated heterocycles. The highest BCUT2D eigenvalue weighted by atomic mass is 35.5. The van der Waals surface area contributed by atoms with E-state index in [2.05, 4.69) is 4.72 Å². The maximum absolute atomic E-state index is 12.5. The number of para-hydroxylation sites is 1. The molecule has 2 rings (SSSR count). The lowest BCUT2D eigenvalue weighted by molar-refractivity contribution is -0.134. The molecule has 1 aromatic rings. The molecule has 2 N–H and O–H groups in total. The average molecular weight is 361 g/mol. The summed E-state index contributed by atoms with van der Waals surface area (Å²) in [6, 6.07) is 3.86. The maximum Gasteiger partial charge on any atom is 0.244 e. The molecule has 23 heavy (non-hydrogen) atoms. The van der Waals surface area contributed by atoms with E-state index < -0.39 is 15.8 Å². The second kappa shape index (κ2) is 7.07. The van der Waals surface area contributed by atoms with Gasteiger partial charge in [-0.05, 0) is 31.4 Å². The Kier molecular flexibility index (Phi) is 5.54. The van der Waals surface area contributed by atoms with Crippen molar-refractivity contribution in [2.24, 2.45) is 5.92 Å². The van der Waals surface area contributed by atoms with Crippen molar-refractivity contribution in [3.8, 4) is 5.75 Å². The fraction of sp³-hybridized carbons (Fsp3) is 0.533. The molecule has 1 aliphatic rings. The summed E-state index contributed by atoms with van der Waals surface area (Å²) in [6.07, 6.45) is 2.66. The average Bonchev–Trinajstić information content (AvgIpc) is 2.48. The quantitative estimate of drug-likeness (QED) is 0.859. The van der Waals surface area contributed by atoms with E-state index in [1.807, 2.05) is 0 Å². The van der Waals surface area contributed by atoms with Crippen LogP contribution in [-0.4, -0.2) is 44.5 Å². The van der Waals surface area contributed by atoms with Crippen LogP contribution in [0.1, 0.15) is 25.7 Å². The van der Waals surface area contributed by atoms with Crippen LogP contribution in [0.2, 0.25) is 5.02 Å². The molecule has 8 heteroatoms. The van der Waals surface area contributed by atoms with Crippen LogP contribution in [0.5, 0.6) is 5.75 Å². The number of benzene rings is 1. The largest absolute Gasteiger partial charge is 0.505 e. The Morgan fingerprint density at radius 1 is 1.35 bits per heavy atom. The van der Waals surface area contributed by atoms with Crippen molar-refractivity contribution in [2.75, 3.05) is 14.1 Å². The van der Waals surface area contributed by atoms with Crippen molar-refractivity contribution in [2.45, 2.75) is 36.6 Å². The molecule has 0 aliphatic heterocycles. The molecule has 1 saturated carbocycles. The second-order valence-corrected chi connectivity index (χ2v) is 8.09. The highest BCUT2D eigenvalue weighted by Crippen LogP contribution is 2.32. The summed E-state index contributed by atoms with van der Waals surface area (Å²) >= 11 is 5.77. The minimum Gasteiger partial charge on any atom is -0.505 e. The first-order valence-electron chi connectivity index (χ1n) is 7.43. The summed E-state index contributed by atoms with van der Waals surface area (Å²) < 4.78 is 27.5. The van der Waals surface area contributed by atoms with Crippen molar-refractivity contribution >= 4 is 27.5 Å². The minimum atomic E-state index is -3.89. The van der Waals surface area contributed by atoms with E-state index in [4.69, 9.17) is 11.6 Å². The van der Waals surface area contributed by atoms with E-state index in [0.29, 0.717) is 12.8 Å². The predicted molar refractivity (Wildman–Crippen MR) is 87.9 cm³/mol. The number of hydrogen-bond donors (Lipinski definition) is 2. The van der Waals surface area contributed by atoms with Crippen LogP contribution in [0.4, 0.5) is 0 Å². The van der Waals surface area contributed by atoms with E-state index in [1.54, 1.807) is 14.1 Å². The molecular formula is C15H21ClN2O4S. The van der Waals surface area contributed by atoms with Gasteiger partial charge in [-0.3, -0.25) is 4.79 Å².